The molecule has 0 radical (unpaired) electrons. The molecule has 2 aliphatic rings. The van der Waals surface area contributed by atoms with E-state index in [0.717, 1.165) is 31.0 Å². The van der Waals surface area contributed by atoms with Crippen LogP contribution in [0, 0.1) is 11.8 Å². The second-order valence-corrected chi connectivity index (χ2v) is 6.96. The van der Waals surface area contributed by atoms with Crippen molar-refractivity contribution in [2.45, 2.75) is 44.9 Å². The van der Waals surface area contributed by atoms with Crippen molar-refractivity contribution in [3.63, 3.8) is 0 Å². The normalized spacial score (nSPS) is 24.1. The first-order valence-electron chi connectivity index (χ1n) is 8.89. The molecule has 1 saturated carbocycles. The lowest BCUT2D eigenvalue weighted by molar-refractivity contribution is -0.121. The lowest BCUT2D eigenvalue weighted by Crippen LogP contribution is -2.42. The van der Waals surface area contributed by atoms with Crippen LogP contribution in [0.25, 0.3) is 0 Å². The number of benzene rings is 1. The number of carbonyl (C=O) groups excluding carboxylic acids is 1. The zero-order valence-corrected chi connectivity index (χ0v) is 13.5. The van der Waals surface area contributed by atoms with Crippen LogP contribution in [0.3, 0.4) is 0 Å². The second kappa shape index (κ2) is 7.77. The summed E-state index contributed by atoms with van der Waals surface area (Å²) in [7, 11) is 0. The number of hydrogen-bond donors (Lipinski definition) is 1. The molecule has 120 valence electrons. The SMILES string of the molecule is O=C(Nc1ccccc1)C1CCCN(CC2CCCCC2)C1. The van der Waals surface area contributed by atoms with Crippen molar-refractivity contribution >= 4 is 11.6 Å². The van der Waals surface area contributed by atoms with Gasteiger partial charge in [-0.25, -0.2) is 0 Å². The van der Waals surface area contributed by atoms with Crippen molar-refractivity contribution in [2.24, 2.45) is 11.8 Å². The van der Waals surface area contributed by atoms with E-state index in [1.165, 1.54) is 45.2 Å². The number of carbonyl (C=O) groups is 1. The number of likely N-dealkylation sites (tertiary alicyclic amines) is 1. The maximum Gasteiger partial charge on any atom is 0.228 e. The Hall–Kier alpha value is -1.35. The van der Waals surface area contributed by atoms with Crippen molar-refractivity contribution in [2.75, 3.05) is 25.0 Å². The Balaban J connectivity index is 1.50. The molecule has 1 saturated heterocycles. The minimum atomic E-state index is 0.151. The highest BCUT2D eigenvalue weighted by Crippen LogP contribution is 2.26. The summed E-state index contributed by atoms with van der Waals surface area (Å²) < 4.78 is 0. The van der Waals surface area contributed by atoms with Gasteiger partial charge >= 0.3 is 0 Å². The maximum atomic E-state index is 12.5. The van der Waals surface area contributed by atoms with Crippen molar-refractivity contribution in [1.29, 1.82) is 0 Å². The summed E-state index contributed by atoms with van der Waals surface area (Å²) in [6.07, 6.45) is 9.17. The van der Waals surface area contributed by atoms with E-state index in [1.54, 1.807) is 0 Å². The van der Waals surface area contributed by atoms with Crippen LogP contribution < -0.4 is 5.32 Å². The van der Waals surface area contributed by atoms with E-state index >= 15 is 0 Å². The molecule has 3 nitrogen and oxygen atoms in total. The van der Waals surface area contributed by atoms with Crippen molar-refractivity contribution in [1.82, 2.24) is 4.90 Å². The van der Waals surface area contributed by atoms with E-state index in [0.29, 0.717) is 0 Å². The van der Waals surface area contributed by atoms with Crippen LogP contribution in [0.4, 0.5) is 5.69 Å². The second-order valence-electron chi connectivity index (χ2n) is 6.96. The molecule has 1 heterocycles. The fourth-order valence-corrected chi connectivity index (χ4v) is 3.94. The number of anilines is 1. The zero-order chi connectivity index (χ0) is 15.2. The van der Waals surface area contributed by atoms with Crippen molar-refractivity contribution in [3.8, 4) is 0 Å². The largest absolute Gasteiger partial charge is 0.326 e. The molecular weight excluding hydrogens is 272 g/mol. The van der Waals surface area contributed by atoms with Crippen LogP contribution in [0.1, 0.15) is 44.9 Å². The Kier molecular flexibility index (Phi) is 5.49. The number of para-hydroxylation sites is 1. The third-order valence-corrected chi connectivity index (χ3v) is 5.16. The minimum Gasteiger partial charge on any atom is -0.326 e. The van der Waals surface area contributed by atoms with Crippen LogP contribution >= 0.6 is 0 Å². The Bertz CT molecular complexity index is 468. The van der Waals surface area contributed by atoms with Crippen LogP contribution in [0.5, 0.6) is 0 Å². The molecule has 1 aliphatic heterocycles. The minimum absolute atomic E-state index is 0.151. The summed E-state index contributed by atoms with van der Waals surface area (Å²) in [5.74, 6) is 1.21. The van der Waals surface area contributed by atoms with E-state index in [2.05, 4.69) is 10.2 Å². The monoisotopic (exact) mass is 300 g/mol. The van der Waals surface area contributed by atoms with E-state index in [1.807, 2.05) is 30.3 Å². The maximum absolute atomic E-state index is 12.5. The predicted octanol–water partition coefficient (Wildman–Crippen LogP) is 3.92. The van der Waals surface area contributed by atoms with Gasteiger partial charge in [-0.15, -0.1) is 0 Å². The van der Waals surface area contributed by atoms with E-state index < -0.39 is 0 Å². The van der Waals surface area contributed by atoms with Gasteiger partial charge in [0.15, 0.2) is 0 Å². The first-order chi connectivity index (χ1) is 10.8. The molecule has 0 spiro atoms. The summed E-state index contributed by atoms with van der Waals surface area (Å²) in [4.78, 5) is 15.0. The van der Waals surface area contributed by atoms with Gasteiger partial charge in [-0.3, -0.25) is 4.79 Å². The van der Waals surface area contributed by atoms with Gasteiger partial charge in [-0.2, -0.15) is 0 Å². The lowest BCUT2D eigenvalue weighted by Gasteiger charge is -2.35. The van der Waals surface area contributed by atoms with Gasteiger partial charge in [0.2, 0.25) is 5.91 Å². The number of piperidine rings is 1. The molecular formula is C19H28N2O. The number of hydrogen-bond acceptors (Lipinski definition) is 2. The highest BCUT2D eigenvalue weighted by molar-refractivity contribution is 5.92. The van der Waals surface area contributed by atoms with Gasteiger partial charge in [0.25, 0.3) is 0 Å². The smallest absolute Gasteiger partial charge is 0.228 e. The van der Waals surface area contributed by atoms with Crippen LogP contribution in [-0.4, -0.2) is 30.4 Å². The highest BCUT2D eigenvalue weighted by Gasteiger charge is 2.27. The molecule has 2 fully saturated rings. The quantitative estimate of drug-likeness (QED) is 0.914. The molecule has 0 aromatic heterocycles. The average Bonchev–Trinajstić information content (AvgIpc) is 2.57. The van der Waals surface area contributed by atoms with Gasteiger partial charge in [-0.05, 0) is 50.3 Å². The Morgan fingerprint density at radius 1 is 1.05 bits per heavy atom. The van der Waals surface area contributed by atoms with Gasteiger partial charge in [0.05, 0.1) is 5.92 Å². The first kappa shape index (κ1) is 15.5. The summed E-state index contributed by atoms with van der Waals surface area (Å²) in [5, 5.41) is 3.07. The molecule has 1 amide bonds. The third kappa shape index (κ3) is 4.33. The lowest BCUT2D eigenvalue weighted by atomic mass is 9.88. The first-order valence-corrected chi connectivity index (χ1v) is 8.89. The molecule has 3 heteroatoms. The zero-order valence-electron chi connectivity index (χ0n) is 13.5. The molecule has 22 heavy (non-hydrogen) atoms. The van der Waals surface area contributed by atoms with Gasteiger partial charge in [0, 0.05) is 18.8 Å². The standard InChI is InChI=1S/C19H28N2O/c22-19(20-18-11-5-2-6-12-18)17-10-7-13-21(15-17)14-16-8-3-1-4-9-16/h2,5-6,11-12,16-17H,1,3-4,7-10,13-15H2,(H,20,22). The molecule has 1 N–H and O–H groups in total. The molecule has 1 aliphatic carbocycles. The summed E-state index contributed by atoms with van der Waals surface area (Å²) >= 11 is 0. The average molecular weight is 300 g/mol. The molecule has 3 rings (SSSR count). The van der Waals surface area contributed by atoms with Gasteiger partial charge < -0.3 is 10.2 Å². The Labute approximate surface area is 134 Å². The number of amides is 1. The van der Waals surface area contributed by atoms with Crippen molar-refractivity contribution < 1.29 is 4.79 Å². The van der Waals surface area contributed by atoms with Crippen LogP contribution in [-0.2, 0) is 4.79 Å². The third-order valence-electron chi connectivity index (χ3n) is 5.16. The molecule has 1 atom stereocenters. The summed E-state index contributed by atoms with van der Waals surface area (Å²) in [6, 6.07) is 9.82. The summed E-state index contributed by atoms with van der Waals surface area (Å²) in [6.45, 7) is 3.32. The molecule has 1 unspecified atom stereocenters. The van der Waals surface area contributed by atoms with Crippen LogP contribution in [0.15, 0.2) is 30.3 Å². The highest BCUT2D eigenvalue weighted by atomic mass is 16.1. The van der Waals surface area contributed by atoms with Crippen LogP contribution in [0.2, 0.25) is 0 Å². The predicted molar refractivity (Wildman–Crippen MR) is 90.8 cm³/mol. The van der Waals surface area contributed by atoms with E-state index in [9.17, 15) is 4.79 Å². The number of rotatable bonds is 4. The fraction of sp³-hybridized carbons (Fsp3) is 0.632. The van der Waals surface area contributed by atoms with Crippen molar-refractivity contribution in [3.05, 3.63) is 30.3 Å². The number of nitrogens with zero attached hydrogens (tertiary/aromatic N) is 1. The molecule has 0 bridgehead atoms. The van der Waals surface area contributed by atoms with Gasteiger partial charge in [0.1, 0.15) is 0 Å². The Morgan fingerprint density at radius 3 is 2.59 bits per heavy atom. The van der Waals surface area contributed by atoms with Gasteiger partial charge in [-0.1, -0.05) is 37.5 Å². The molecule has 1 aromatic carbocycles. The Morgan fingerprint density at radius 2 is 1.82 bits per heavy atom. The van der Waals surface area contributed by atoms with E-state index in [4.69, 9.17) is 0 Å². The number of nitrogens with one attached hydrogen (secondary N) is 1. The fourth-order valence-electron chi connectivity index (χ4n) is 3.94. The summed E-state index contributed by atoms with van der Waals surface area (Å²) in [5.41, 5.74) is 0.914. The van der Waals surface area contributed by atoms with E-state index in [-0.39, 0.29) is 11.8 Å². The topological polar surface area (TPSA) is 32.3 Å². The molecule has 1 aromatic rings.